The molecule has 2 aromatic rings. The van der Waals surface area contributed by atoms with Crippen molar-refractivity contribution in [3.8, 4) is 0 Å². The first kappa shape index (κ1) is 14.6. The van der Waals surface area contributed by atoms with E-state index in [2.05, 4.69) is 17.2 Å². The van der Waals surface area contributed by atoms with Crippen LogP contribution in [0.1, 0.15) is 6.42 Å². The SMILES string of the molecule is C=C(CCNC(=O)Nc1cccc2ccccc12)C(=O)O. The van der Waals surface area contributed by atoms with Crippen molar-refractivity contribution in [2.75, 3.05) is 11.9 Å². The number of hydrogen-bond acceptors (Lipinski definition) is 2. The fourth-order valence-corrected chi connectivity index (χ4v) is 1.93. The fraction of sp³-hybridized carbons (Fsp3) is 0.125. The number of rotatable bonds is 5. The summed E-state index contributed by atoms with van der Waals surface area (Å²) in [7, 11) is 0. The smallest absolute Gasteiger partial charge is 0.331 e. The second-order valence-electron chi connectivity index (χ2n) is 4.57. The zero-order valence-electron chi connectivity index (χ0n) is 11.4. The van der Waals surface area contributed by atoms with Gasteiger partial charge in [0, 0.05) is 17.5 Å². The number of anilines is 1. The molecule has 0 saturated carbocycles. The summed E-state index contributed by atoms with van der Waals surface area (Å²) in [6.45, 7) is 3.63. The minimum Gasteiger partial charge on any atom is -0.478 e. The van der Waals surface area contributed by atoms with Crippen LogP contribution >= 0.6 is 0 Å². The molecule has 0 atom stereocenters. The van der Waals surface area contributed by atoms with Crippen molar-refractivity contribution < 1.29 is 14.7 Å². The molecule has 0 aromatic heterocycles. The van der Waals surface area contributed by atoms with Crippen LogP contribution in [-0.2, 0) is 4.79 Å². The highest BCUT2D eigenvalue weighted by Gasteiger charge is 2.07. The number of benzene rings is 2. The van der Waals surface area contributed by atoms with Crippen molar-refractivity contribution in [3.05, 3.63) is 54.6 Å². The van der Waals surface area contributed by atoms with Gasteiger partial charge >= 0.3 is 12.0 Å². The molecule has 0 aliphatic carbocycles. The van der Waals surface area contributed by atoms with E-state index in [0.717, 1.165) is 10.8 Å². The van der Waals surface area contributed by atoms with Crippen LogP contribution in [0.3, 0.4) is 0 Å². The predicted molar refractivity (Wildman–Crippen MR) is 82.4 cm³/mol. The molecule has 0 unspecified atom stereocenters. The lowest BCUT2D eigenvalue weighted by Crippen LogP contribution is -2.30. The maximum Gasteiger partial charge on any atom is 0.331 e. The molecule has 0 bridgehead atoms. The first-order chi connectivity index (χ1) is 10.1. The first-order valence-corrected chi connectivity index (χ1v) is 6.51. The highest BCUT2D eigenvalue weighted by molar-refractivity contribution is 6.01. The summed E-state index contributed by atoms with van der Waals surface area (Å²) < 4.78 is 0. The number of aliphatic carboxylic acids is 1. The van der Waals surface area contributed by atoms with E-state index in [0.29, 0.717) is 5.69 Å². The number of urea groups is 1. The van der Waals surface area contributed by atoms with E-state index >= 15 is 0 Å². The van der Waals surface area contributed by atoms with Gasteiger partial charge in [0.1, 0.15) is 0 Å². The van der Waals surface area contributed by atoms with E-state index in [4.69, 9.17) is 5.11 Å². The van der Waals surface area contributed by atoms with Gasteiger partial charge in [-0.3, -0.25) is 0 Å². The van der Waals surface area contributed by atoms with Gasteiger partial charge in [-0.25, -0.2) is 9.59 Å². The Morgan fingerprint density at radius 1 is 1.10 bits per heavy atom. The van der Waals surface area contributed by atoms with Crippen molar-refractivity contribution in [3.63, 3.8) is 0 Å². The summed E-state index contributed by atoms with van der Waals surface area (Å²) in [5.41, 5.74) is 0.781. The van der Waals surface area contributed by atoms with Crippen LogP contribution in [0.5, 0.6) is 0 Å². The molecular weight excluding hydrogens is 268 g/mol. The third kappa shape index (κ3) is 3.82. The molecule has 2 aromatic carbocycles. The Morgan fingerprint density at radius 3 is 2.57 bits per heavy atom. The molecule has 0 spiro atoms. The Hall–Kier alpha value is -2.82. The second kappa shape index (κ2) is 6.56. The quantitative estimate of drug-likeness (QED) is 0.738. The van der Waals surface area contributed by atoms with E-state index < -0.39 is 5.97 Å². The lowest BCUT2D eigenvalue weighted by molar-refractivity contribution is -0.132. The summed E-state index contributed by atoms with van der Waals surface area (Å²) in [6.07, 6.45) is 0.207. The van der Waals surface area contributed by atoms with Gasteiger partial charge in [-0.1, -0.05) is 43.0 Å². The number of amides is 2. The van der Waals surface area contributed by atoms with Crippen molar-refractivity contribution in [2.45, 2.75) is 6.42 Å². The summed E-state index contributed by atoms with van der Waals surface area (Å²) in [6, 6.07) is 13.0. The van der Waals surface area contributed by atoms with Gasteiger partial charge in [-0.05, 0) is 17.9 Å². The number of hydrogen-bond donors (Lipinski definition) is 3. The lowest BCUT2D eigenvalue weighted by atomic mass is 10.1. The van der Waals surface area contributed by atoms with Gasteiger partial charge in [0.25, 0.3) is 0 Å². The molecule has 0 radical (unpaired) electrons. The van der Waals surface area contributed by atoms with Gasteiger partial charge in [0.15, 0.2) is 0 Å². The van der Waals surface area contributed by atoms with Gasteiger partial charge in [-0.2, -0.15) is 0 Å². The van der Waals surface area contributed by atoms with Crippen molar-refractivity contribution in [2.24, 2.45) is 0 Å². The molecule has 5 nitrogen and oxygen atoms in total. The maximum absolute atomic E-state index is 11.8. The Balaban J connectivity index is 1.96. The van der Waals surface area contributed by atoms with Gasteiger partial charge in [0.2, 0.25) is 0 Å². The average Bonchev–Trinajstić information content (AvgIpc) is 2.47. The Kier molecular flexibility index (Phi) is 4.56. The number of fused-ring (bicyclic) bond motifs is 1. The molecule has 2 rings (SSSR count). The monoisotopic (exact) mass is 284 g/mol. The van der Waals surface area contributed by atoms with Crippen LogP contribution in [0.15, 0.2) is 54.6 Å². The zero-order valence-corrected chi connectivity index (χ0v) is 11.4. The number of carbonyl (C=O) groups is 2. The normalized spacial score (nSPS) is 10.1. The number of carbonyl (C=O) groups excluding carboxylic acids is 1. The van der Waals surface area contributed by atoms with Crippen LogP contribution in [0.4, 0.5) is 10.5 Å². The standard InChI is InChI=1S/C16H16N2O3/c1-11(15(19)20)9-10-17-16(21)18-14-8-4-6-12-5-2-3-7-13(12)14/h2-8H,1,9-10H2,(H,19,20)(H2,17,18,21). The molecule has 0 aliphatic heterocycles. The molecule has 0 heterocycles. The molecule has 21 heavy (non-hydrogen) atoms. The van der Waals surface area contributed by atoms with Crippen molar-refractivity contribution >= 4 is 28.5 Å². The predicted octanol–water partition coefficient (Wildman–Crippen LogP) is 2.99. The van der Waals surface area contributed by atoms with Crippen LogP contribution in [-0.4, -0.2) is 23.7 Å². The van der Waals surface area contributed by atoms with E-state index in [1.165, 1.54) is 0 Å². The molecule has 5 heteroatoms. The van der Waals surface area contributed by atoms with Crippen LogP contribution < -0.4 is 10.6 Å². The molecule has 3 N–H and O–H groups in total. The molecule has 108 valence electrons. The molecule has 0 fully saturated rings. The van der Waals surface area contributed by atoms with Crippen molar-refractivity contribution in [1.82, 2.24) is 5.32 Å². The van der Waals surface area contributed by atoms with Gasteiger partial charge in [-0.15, -0.1) is 0 Å². The molecule has 0 aliphatic rings. The Morgan fingerprint density at radius 2 is 1.81 bits per heavy atom. The Labute approximate surface area is 122 Å². The van der Waals surface area contributed by atoms with Crippen LogP contribution in [0.25, 0.3) is 10.8 Å². The minimum atomic E-state index is -1.05. The average molecular weight is 284 g/mol. The molecule has 2 amide bonds. The largest absolute Gasteiger partial charge is 0.478 e. The maximum atomic E-state index is 11.8. The van der Waals surface area contributed by atoms with Crippen LogP contribution in [0, 0.1) is 0 Å². The number of nitrogens with one attached hydrogen (secondary N) is 2. The summed E-state index contributed by atoms with van der Waals surface area (Å²) in [5, 5.41) is 16.0. The number of carboxylic acid groups (broad SMARTS) is 1. The minimum absolute atomic E-state index is 0.0699. The van der Waals surface area contributed by atoms with Gasteiger partial charge in [0.05, 0.1) is 5.69 Å². The summed E-state index contributed by atoms with van der Waals surface area (Å²) in [4.78, 5) is 22.4. The molecule has 0 saturated heterocycles. The van der Waals surface area contributed by atoms with E-state index in [-0.39, 0.29) is 24.6 Å². The highest BCUT2D eigenvalue weighted by Crippen LogP contribution is 2.22. The summed E-state index contributed by atoms with van der Waals surface area (Å²) in [5.74, 6) is -1.05. The third-order valence-corrected chi connectivity index (χ3v) is 3.05. The highest BCUT2D eigenvalue weighted by atomic mass is 16.4. The van der Waals surface area contributed by atoms with Gasteiger partial charge < -0.3 is 15.7 Å². The van der Waals surface area contributed by atoms with E-state index in [9.17, 15) is 9.59 Å². The second-order valence-corrected chi connectivity index (χ2v) is 4.57. The Bertz CT molecular complexity index is 689. The molecular formula is C16H16N2O3. The van der Waals surface area contributed by atoms with E-state index in [1.54, 1.807) is 0 Å². The fourth-order valence-electron chi connectivity index (χ4n) is 1.93. The van der Waals surface area contributed by atoms with E-state index in [1.807, 2.05) is 42.5 Å². The number of carboxylic acids is 1. The topological polar surface area (TPSA) is 78.4 Å². The van der Waals surface area contributed by atoms with Crippen molar-refractivity contribution in [1.29, 1.82) is 0 Å². The van der Waals surface area contributed by atoms with Crippen LogP contribution in [0.2, 0.25) is 0 Å². The summed E-state index contributed by atoms with van der Waals surface area (Å²) >= 11 is 0. The third-order valence-electron chi connectivity index (χ3n) is 3.05. The zero-order chi connectivity index (χ0) is 15.2. The first-order valence-electron chi connectivity index (χ1n) is 6.51. The lowest BCUT2D eigenvalue weighted by Gasteiger charge is -2.10.